The maximum atomic E-state index is 12.6. The van der Waals surface area contributed by atoms with Crippen molar-refractivity contribution in [3.05, 3.63) is 244 Å². The van der Waals surface area contributed by atoms with Gasteiger partial charge in [0.15, 0.2) is 11.6 Å². The van der Waals surface area contributed by atoms with Gasteiger partial charge in [-0.1, -0.05) is 194 Å². The van der Waals surface area contributed by atoms with Gasteiger partial charge in [0.2, 0.25) is 0 Å². The fraction of sp³-hybridized carbons (Fsp3) is 0. The molecule has 0 N–H and O–H groups in total. The lowest BCUT2D eigenvalue weighted by molar-refractivity contribution is 1.09. The largest absolute Gasteiger partial charge is 0.305 e. The summed E-state index contributed by atoms with van der Waals surface area (Å²) < 4.78 is 0. The van der Waals surface area contributed by atoms with E-state index < -0.39 is 0 Å². The second-order valence-electron chi connectivity index (χ2n) is 17.1. The molecular formula is C62H40N6. The first kappa shape index (κ1) is 39.0. The average molecular weight is 869 g/mol. The molecule has 9 aromatic rings. The first-order chi connectivity index (χ1) is 33.7. The second kappa shape index (κ2) is 15.9. The Kier molecular flexibility index (Phi) is 9.12. The highest BCUT2D eigenvalue weighted by atomic mass is 15.3. The van der Waals surface area contributed by atoms with E-state index in [1.807, 2.05) is 0 Å². The SMILES string of the molecule is N#Cc1c(N2c3ccccc3C=Cc3ccccc32)c(N2c3ccccc3C=Cc3ccccc32)nc(N2c3ccccc3C=Cc3ccccc32)c1N1c2ccccc2C=Cc2ccccc21. The van der Waals surface area contributed by atoms with E-state index in [1.54, 1.807) is 0 Å². The molecule has 13 rings (SSSR count). The Hall–Kier alpha value is -9.44. The van der Waals surface area contributed by atoms with Crippen molar-refractivity contribution in [1.29, 1.82) is 5.26 Å². The third-order valence-electron chi connectivity index (χ3n) is 13.3. The molecule has 0 saturated heterocycles. The summed E-state index contributed by atoms with van der Waals surface area (Å²) in [6.45, 7) is 0. The van der Waals surface area contributed by atoms with Crippen molar-refractivity contribution >= 4 is 117 Å². The number of pyridine rings is 1. The van der Waals surface area contributed by atoms with E-state index in [2.05, 4.69) is 268 Å². The van der Waals surface area contributed by atoms with Crippen LogP contribution < -0.4 is 19.6 Å². The van der Waals surface area contributed by atoms with Crippen molar-refractivity contribution in [2.24, 2.45) is 0 Å². The van der Waals surface area contributed by atoms with E-state index in [-0.39, 0.29) is 0 Å². The van der Waals surface area contributed by atoms with Crippen molar-refractivity contribution in [1.82, 2.24) is 4.98 Å². The predicted octanol–water partition coefficient (Wildman–Crippen LogP) is 16.8. The van der Waals surface area contributed by atoms with Crippen LogP contribution in [0.3, 0.4) is 0 Å². The van der Waals surface area contributed by atoms with Crippen LogP contribution in [0.25, 0.3) is 48.6 Å². The first-order valence-electron chi connectivity index (χ1n) is 22.9. The summed E-state index contributed by atoms with van der Waals surface area (Å²) in [4.78, 5) is 15.3. The molecule has 8 aromatic carbocycles. The summed E-state index contributed by atoms with van der Waals surface area (Å²) in [6.07, 6.45) is 17.4. The molecule has 0 atom stereocenters. The fourth-order valence-electron chi connectivity index (χ4n) is 10.2. The van der Waals surface area contributed by atoms with E-state index in [0.29, 0.717) is 28.6 Å². The van der Waals surface area contributed by atoms with Gasteiger partial charge in [0.1, 0.15) is 23.0 Å². The van der Waals surface area contributed by atoms with Gasteiger partial charge < -0.3 is 9.80 Å². The molecule has 6 heteroatoms. The van der Waals surface area contributed by atoms with Gasteiger partial charge >= 0.3 is 0 Å². The van der Waals surface area contributed by atoms with Gasteiger partial charge in [0.25, 0.3) is 0 Å². The molecule has 68 heavy (non-hydrogen) atoms. The molecule has 1 aromatic heterocycles. The summed E-state index contributed by atoms with van der Waals surface area (Å²) in [7, 11) is 0. The molecule has 0 saturated carbocycles. The van der Waals surface area contributed by atoms with Gasteiger partial charge in [-0.3, -0.25) is 9.80 Å². The highest BCUT2D eigenvalue weighted by Gasteiger charge is 2.39. The molecule has 5 heterocycles. The summed E-state index contributed by atoms with van der Waals surface area (Å²) >= 11 is 0. The normalized spacial score (nSPS) is 13.5. The maximum absolute atomic E-state index is 12.6. The summed E-state index contributed by atoms with van der Waals surface area (Å²) in [5, 5.41) is 12.6. The Bertz CT molecular complexity index is 3270. The van der Waals surface area contributed by atoms with Crippen LogP contribution in [0.4, 0.5) is 68.5 Å². The van der Waals surface area contributed by atoms with Gasteiger partial charge in [0, 0.05) is 0 Å². The lowest BCUT2D eigenvalue weighted by Gasteiger charge is -2.39. The highest BCUT2D eigenvalue weighted by Crippen LogP contribution is 2.59. The molecule has 0 radical (unpaired) electrons. The smallest absolute Gasteiger partial charge is 0.166 e. The van der Waals surface area contributed by atoms with Gasteiger partial charge in [-0.15, -0.1) is 0 Å². The number of anilines is 12. The Labute approximate surface area is 395 Å². The zero-order chi connectivity index (χ0) is 45.1. The van der Waals surface area contributed by atoms with Crippen LogP contribution in [-0.2, 0) is 0 Å². The topological polar surface area (TPSA) is 49.6 Å². The van der Waals surface area contributed by atoms with Crippen molar-refractivity contribution in [2.75, 3.05) is 19.6 Å². The highest BCUT2D eigenvalue weighted by molar-refractivity contribution is 6.09. The van der Waals surface area contributed by atoms with E-state index >= 15 is 0 Å². The van der Waals surface area contributed by atoms with Crippen molar-refractivity contribution < 1.29 is 0 Å². The van der Waals surface area contributed by atoms with Crippen molar-refractivity contribution in [3.63, 3.8) is 0 Å². The lowest BCUT2D eigenvalue weighted by atomic mass is 10.0. The Morgan fingerprint density at radius 2 is 0.456 bits per heavy atom. The number of hydrogen-bond acceptors (Lipinski definition) is 6. The monoisotopic (exact) mass is 868 g/mol. The van der Waals surface area contributed by atoms with E-state index in [1.165, 1.54) is 0 Å². The van der Waals surface area contributed by atoms with Crippen LogP contribution in [0, 0.1) is 11.3 Å². The Morgan fingerprint density at radius 1 is 0.265 bits per heavy atom. The lowest BCUT2D eigenvalue weighted by Crippen LogP contribution is -2.26. The Balaban J connectivity index is 1.27. The molecule has 4 aliphatic heterocycles. The second-order valence-corrected chi connectivity index (χ2v) is 17.1. The Morgan fingerprint density at radius 3 is 0.662 bits per heavy atom. The van der Waals surface area contributed by atoms with Crippen LogP contribution in [0.1, 0.15) is 50.1 Å². The van der Waals surface area contributed by atoms with Crippen LogP contribution in [-0.4, -0.2) is 4.98 Å². The van der Waals surface area contributed by atoms with E-state index in [4.69, 9.17) is 4.98 Å². The first-order valence-corrected chi connectivity index (χ1v) is 22.9. The maximum Gasteiger partial charge on any atom is 0.166 e. The summed E-state index contributed by atoms with van der Waals surface area (Å²) in [5.41, 5.74) is 17.3. The molecule has 318 valence electrons. The zero-order valence-electron chi connectivity index (χ0n) is 36.8. The summed E-state index contributed by atoms with van der Waals surface area (Å²) in [5.74, 6) is 1.19. The molecule has 0 aliphatic carbocycles. The van der Waals surface area contributed by atoms with Crippen molar-refractivity contribution in [3.8, 4) is 6.07 Å². The molecule has 4 aliphatic rings. The number of aromatic nitrogens is 1. The average Bonchev–Trinajstić information content (AvgIpc) is 3.83. The molecule has 0 bridgehead atoms. The molecular weight excluding hydrogens is 829 g/mol. The molecule has 0 spiro atoms. The number of nitrogens with zero attached hydrogens (tertiary/aromatic N) is 6. The number of rotatable bonds is 4. The number of benzene rings is 8. The quantitative estimate of drug-likeness (QED) is 0.176. The fourth-order valence-corrected chi connectivity index (χ4v) is 10.2. The number of hydrogen-bond donors (Lipinski definition) is 0. The van der Waals surface area contributed by atoms with Crippen LogP contribution in [0.15, 0.2) is 194 Å². The number of para-hydroxylation sites is 8. The third kappa shape index (κ3) is 6.15. The molecule has 6 nitrogen and oxygen atoms in total. The number of nitriles is 1. The molecule has 0 fully saturated rings. The van der Waals surface area contributed by atoms with E-state index in [9.17, 15) is 5.26 Å². The standard InChI is InChI=1S/C62H40N6/c63-41-50-59(65-51-25-9-1-17-42(51)33-34-43-18-2-10-26-52(43)65)61(67-55-29-13-5-21-46(55)37-38-47-22-6-14-30-56(47)67)64-62(68-57-31-15-7-23-48(57)39-40-49-24-8-16-32-58(49)68)60(50)66-53-27-11-3-19-44(53)35-36-45-20-4-12-28-54(45)66/h1-40H. The molecule has 0 amide bonds. The van der Waals surface area contributed by atoms with Gasteiger partial charge in [-0.25, -0.2) is 4.98 Å². The number of fused-ring (bicyclic) bond motifs is 8. The minimum Gasteiger partial charge on any atom is -0.305 e. The van der Waals surface area contributed by atoms with Crippen LogP contribution in [0.2, 0.25) is 0 Å². The third-order valence-corrected chi connectivity index (χ3v) is 13.3. The predicted molar refractivity (Wildman–Crippen MR) is 283 cm³/mol. The zero-order valence-corrected chi connectivity index (χ0v) is 36.8. The summed E-state index contributed by atoms with van der Waals surface area (Å²) in [6, 6.07) is 70.6. The van der Waals surface area contributed by atoms with Crippen LogP contribution >= 0.6 is 0 Å². The van der Waals surface area contributed by atoms with Gasteiger partial charge in [-0.2, -0.15) is 5.26 Å². The van der Waals surface area contributed by atoms with Gasteiger partial charge in [0.05, 0.1) is 45.5 Å². The minimum absolute atomic E-state index is 0.447. The minimum atomic E-state index is 0.447. The van der Waals surface area contributed by atoms with Crippen LogP contribution in [0.5, 0.6) is 0 Å². The molecule has 0 unspecified atom stereocenters. The van der Waals surface area contributed by atoms with Gasteiger partial charge in [-0.05, 0) is 93.0 Å². The van der Waals surface area contributed by atoms with Crippen molar-refractivity contribution in [2.45, 2.75) is 0 Å². The van der Waals surface area contributed by atoms with E-state index in [0.717, 1.165) is 90.0 Å².